The molecule has 0 N–H and O–H groups in total. The van der Waals surface area contributed by atoms with Crippen molar-refractivity contribution in [2.24, 2.45) is 47.3 Å². The zero-order valence-electron chi connectivity index (χ0n) is 42.9. The minimum Gasteiger partial charge on any atom is -0.453 e. The lowest BCUT2D eigenvalue weighted by atomic mass is 9.78. The van der Waals surface area contributed by atoms with E-state index < -0.39 is 33.2 Å². The lowest BCUT2D eigenvalue weighted by Gasteiger charge is -2.47. The highest BCUT2D eigenvalue weighted by Crippen LogP contribution is 2.46. The molecule has 3 aliphatic heterocycles. The van der Waals surface area contributed by atoms with Crippen molar-refractivity contribution in [2.75, 3.05) is 46.2 Å². The van der Waals surface area contributed by atoms with E-state index in [1.165, 1.54) is 12.8 Å². The van der Waals surface area contributed by atoms with Crippen molar-refractivity contribution in [3.05, 3.63) is 35.9 Å². The van der Waals surface area contributed by atoms with Crippen molar-refractivity contribution in [2.45, 2.75) is 190 Å². The van der Waals surface area contributed by atoms with Gasteiger partial charge in [0.1, 0.15) is 0 Å². The minimum absolute atomic E-state index is 0.00986. The first-order chi connectivity index (χ1) is 31.6. The van der Waals surface area contributed by atoms with E-state index >= 15 is 0 Å². The Hall–Kier alpha value is -1.79. The zero-order valence-corrected chi connectivity index (χ0v) is 43.8. The summed E-state index contributed by atoms with van der Waals surface area (Å²) in [4.78, 5) is 13.4. The van der Waals surface area contributed by atoms with Crippen LogP contribution in [0.5, 0.6) is 0 Å². The largest absolute Gasteiger partial charge is 0.453 e. The number of benzene rings is 1. The molecule has 3 aliphatic rings. The molecule has 0 radical (unpaired) electrons. The average Bonchev–Trinajstić information content (AvgIpc) is 3.29. The predicted octanol–water partition coefficient (Wildman–Crippen LogP) is 11.2. The number of carbonyl (C=O) groups excluding carboxylic acids is 1. The summed E-state index contributed by atoms with van der Waals surface area (Å²) in [5, 5.41) is 9.06. The molecule has 1 aromatic rings. The lowest BCUT2D eigenvalue weighted by molar-refractivity contribution is -0.310. The molecule has 13 nitrogen and oxygen atoms in total. The number of rotatable bonds is 28. The molecule has 378 valence electrons. The van der Waals surface area contributed by atoms with Gasteiger partial charge in [-0.15, -0.1) is 0 Å². The van der Waals surface area contributed by atoms with E-state index in [-0.39, 0.29) is 66.3 Å². The van der Waals surface area contributed by atoms with Crippen LogP contribution in [0.3, 0.4) is 0 Å². The normalized spacial score (nSPS) is 33.3. The summed E-state index contributed by atoms with van der Waals surface area (Å²) in [6, 6.07) is 11.7. The van der Waals surface area contributed by atoms with Gasteiger partial charge in [0.05, 0.1) is 69.4 Å². The Morgan fingerprint density at radius 3 is 1.70 bits per heavy atom. The number of ether oxygens (including phenoxy) is 8. The standard InChI is InChI=1S/C52H89N2O11P/c1-14-15-20-27-56-31-45-38(8)36(6)42(12)50(62-45)58-32-46-39(9)37(7)43(13)51(63-46)59-33-47-40(10)41(11)48(65-49(55)44-24-18-16-19-25-44)52(64-47)57-28-21-17-22-29-60-66(61-30-23-26-53)54(34(2)3)35(4)5/h16,18-19,24-25,34-43,45-48,50-52H,14-15,17,20-23,27-33H2,1-13H3. The molecule has 16 unspecified atom stereocenters. The number of hydrogen-bond donors (Lipinski definition) is 0. The smallest absolute Gasteiger partial charge is 0.338 e. The molecule has 3 saturated heterocycles. The Morgan fingerprint density at radius 2 is 1.14 bits per heavy atom. The number of nitriles is 1. The van der Waals surface area contributed by atoms with Crippen LogP contribution in [0.25, 0.3) is 0 Å². The number of unbranched alkanes of at least 4 members (excludes halogenated alkanes) is 4. The van der Waals surface area contributed by atoms with Gasteiger partial charge in [0.2, 0.25) is 0 Å². The molecule has 14 heteroatoms. The van der Waals surface area contributed by atoms with E-state index in [4.69, 9.17) is 52.2 Å². The van der Waals surface area contributed by atoms with E-state index in [9.17, 15) is 4.79 Å². The molecule has 0 aromatic heterocycles. The van der Waals surface area contributed by atoms with Crippen molar-refractivity contribution < 1.29 is 51.7 Å². The summed E-state index contributed by atoms with van der Waals surface area (Å²) in [6.45, 7) is 31.8. The van der Waals surface area contributed by atoms with Crippen molar-refractivity contribution in [1.82, 2.24) is 4.67 Å². The van der Waals surface area contributed by atoms with Crippen LogP contribution in [0.15, 0.2) is 30.3 Å². The molecule has 0 aliphatic carbocycles. The Bertz CT molecular complexity index is 1530. The van der Waals surface area contributed by atoms with Crippen LogP contribution in [-0.2, 0) is 46.9 Å². The topological polar surface area (TPSA) is 136 Å². The summed E-state index contributed by atoms with van der Waals surface area (Å²) in [5.74, 6) is 1.25. The quantitative estimate of drug-likeness (QED) is 0.0448. The van der Waals surface area contributed by atoms with Crippen molar-refractivity contribution in [3.63, 3.8) is 0 Å². The predicted molar refractivity (Wildman–Crippen MR) is 258 cm³/mol. The molecular formula is C52H89N2O11P. The molecular weight excluding hydrogens is 860 g/mol. The van der Waals surface area contributed by atoms with Gasteiger partial charge in [0.15, 0.2) is 25.0 Å². The highest BCUT2D eigenvalue weighted by atomic mass is 31.2. The maximum Gasteiger partial charge on any atom is 0.338 e. The van der Waals surface area contributed by atoms with Crippen LogP contribution in [0.4, 0.5) is 0 Å². The summed E-state index contributed by atoms with van der Waals surface area (Å²) in [5.41, 5.74) is 0.483. The minimum atomic E-state index is -1.29. The second-order valence-corrected chi connectivity index (χ2v) is 21.5. The number of hydrogen-bond acceptors (Lipinski definition) is 13. The Balaban J connectivity index is 1.35. The van der Waals surface area contributed by atoms with Gasteiger partial charge in [-0.2, -0.15) is 5.26 Å². The van der Waals surface area contributed by atoms with Crippen LogP contribution < -0.4 is 0 Å². The van der Waals surface area contributed by atoms with Gasteiger partial charge in [-0.05, 0) is 95.1 Å². The number of carbonyl (C=O) groups is 1. The van der Waals surface area contributed by atoms with Gasteiger partial charge < -0.3 is 46.9 Å². The van der Waals surface area contributed by atoms with E-state index in [1.807, 2.05) is 18.2 Å². The van der Waals surface area contributed by atoms with Gasteiger partial charge in [-0.1, -0.05) is 93.4 Å². The van der Waals surface area contributed by atoms with Gasteiger partial charge in [0.25, 0.3) is 8.53 Å². The summed E-state index contributed by atoms with van der Waals surface area (Å²) >= 11 is 0. The van der Waals surface area contributed by atoms with Gasteiger partial charge in [-0.3, -0.25) is 0 Å². The Morgan fingerprint density at radius 1 is 0.621 bits per heavy atom. The van der Waals surface area contributed by atoms with E-state index in [0.29, 0.717) is 69.4 Å². The van der Waals surface area contributed by atoms with Crippen LogP contribution in [0.1, 0.15) is 145 Å². The molecule has 0 spiro atoms. The maximum absolute atomic E-state index is 13.4. The molecule has 1 aromatic carbocycles. The molecule has 0 saturated carbocycles. The SMILES string of the molecule is CCCCCOCC1OC(OCC2OC(OCC3OC(OCCCCCOP(OCCC#N)N(C(C)C)C(C)C)C(OC(=O)c4ccccc4)C(C)C3C)C(C)C(C)C2C)C(C)C(C)C1C. The van der Waals surface area contributed by atoms with Gasteiger partial charge in [-0.25, -0.2) is 9.46 Å². The second kappa shape index (κ2) is 29.4. The van der Waals surface area contributed by atoms with Crippen molar-refractivity contribution in [1.29, 1.82) is 5.26 Å². The molecule has 16 atom stereocenters. The fraction of sp³-hybridized carbons (Fsp3) is 0.846. The van der Waals surface area contributed by atoms with Crippen LogP contribution in [-0.4, -0.2) is 112 Å². The Kier molecular flexibility index (Phi) is 25.3. The molecule has 66 heavy (non-hydrogen) atoms. The number of esters is 1. The first kappa shape index (κ1) is 56.8. The van der Waals surface area contributed by atoms with Gasteiger partial charge in [0, 0.05) is 43.1 Å². The summed E-state index contributed by atoms with van der Waals surface area (Å²) in [7, 11) is -1.29. The van der Waals surface area contributed by atoms with Crippen LogP contribution in [0, 0.1) is 58.7 Å². The van der Waals surface area contributed by atoms with Crippen LogP contribution in [0.2, 0.25) is 0 Å². The monoisotopic (exact) mass is 949 g/mol. The first-order valence-electron chi connectivity index (χ1n) is 25.5. The zero-order chi connectivity index (χ0) is 48.3. The lowest BCUT2D eigenvalue weighted by Crippen LogP contribution is -2.54. The third-order valence-electron chi connectivity index (χ3n) is 14.7. The van der Waals surface area contributed by atoms with Crippen LogP contribution >= 0.6 is 8.53 Å². The molecule has 0 bridgehead atoms. The third-order valence-corrected chi connectivity index (χ3v) is 16.8. The fourth-order valence-electron chi connectivity index (χ4n) is 9.32. The van der Waals surface area contributed by atoms with E-state index in [0.717, 1.165) is 32.3 Å². The highest BCUT2D eigenvalue weighted by Gasteiger charge is 2.47. The fourth-order valence-corrected chi connectivity index (χ4v) is 10.9. The van der Waals surface area contributed by atoms with E-state index in [1.54, 1.807) is 12.1 Å². The summed E-state index contributed by atoms with van der Waals surface area (Å²) < 4.78 is 66.6. The van der Waals surface area contributed by atoms with Gasteiger partial charge >= 0.3 is 5.97 Å². The molecule has 0 amide bonds. The van der Waals surface area contributed by atoms with Crippen molar-refractivity contribution in [3.8, 4) is 6.07 Å². The number of nitrogens with zero attached hydrogens (tertiary/aromatic N) is 2. The maximum atomic E-state index is 13.4. The average molecular weight is 949 g/mol. The first-order valence-corrected chi connectivity index (χ1v) is 26.6. The van der Waals surface area contributed by atoms with Crippen molar-refractivity contribution >= 4 is 14.5 Å². The second-order valence-electron chi connectivity index (χ2n) is 20.0. The third kappa shape index (κ3) is 16.7. The molecule has 3 heterocycles. The summed E-state index contributed by atoms with van der Waals surface area (Å²) in [6.07, 6.45) is 3.50. The highest BCUT2D eigenvalue weighted by molar-refractivity contribution is 7.44. The Labute approximate surface area is 400 Å². The molecule has 4 rings (SSSR count). The molecule has 3 fully saturated rings. The van der Waals surface area contributed by atoms with E-state index in [2.05, 4.69) is 101 Å².